The van der Waals surface area contributed by atoms with E-state index in [4.69, 9.17) is 53.1 Å². The molecule has 6 heterocycles. The lowest BCUT2D eigenvalue weighted by Gasteiger charge is -2.41. The number of carbonyl (C=O) groups is 12. The van der Waals surface area contributed by atoms with Crippen LogP contribution in [0.2, 0.25) is 0 Å². The number of nitrogens with one attached hydrogen (secondary N) is 8. The van der Waals surface area contributed by atoms with E-state index in [9.17, 15) is 76.8 Å². The molecule has 0 spiro atoms. The fraction of sp³-hybridized carbons (Fsp3) is 0.652. The van der Waals surface area contributed by atoms with Crippen LogP contribution in [0.25, 0.3) is 0 Å². The Balaban J connectivity index is 0.831. The van der Waals surface area contributed by atoms with Gasteiger partial charge in [0.05, 0.1) is 128 Å². The Morgan fingerprint density at radius 1 is 0.743 bits per heavy atom. The third kappa shape index (κ3) is 31.8. The number of piperidine rings is 1. The highest BCUT2D eigenvalue weighted by Crippen LogP contribution is 2.44. The first kappa shape index (κ1) is 109. The first-order valence-corrected chi connectivity index (χ1v) is 48.2. The number of nitrogens with zero attached hydrogens (tertiary/aromatic N) is 8. The molecule has 18 atom stereocenters. The van der Waals surface area contributed by atoms with Crippen LogP contribution in [0.4, 0.5) is 20.1 Å². The summed E-state index contributed by atoms with van der Waals surface area (Å²) in [5.74, 6) is -6.77. The lowest BCUT2D eigenvalue weighted by molar-refractivity contribution is -0.302. The molecule has 2 aromatic heterocycles. The molecule has 1 aliphatic carbocycles. The molecule has 3 saturated heterocycles. The predicted octanol–water partition coefficient (Wildman–Crippen LogP) is 0.857. The molecule has 5 aliphatic rings. The minimum Gasteiger partial charge on any atom is -0.447 e. The molecule has 2 aromatic carbocycles. The van der Waals surface area contributed by atoms with E-state index in [-0.39, 0.29) is 153 Å². The third-order valence-electron chi connectivity index (χ3n) is 24.6. The molecule has 13 amide bonds. The first-order chi connectivity index (χ1) is 65.0. The molecule has 9 rings (SSSR count). The number of primary amides is 1. The van der Waals surface area contributed by atoms with E-state index in [0.29, 0.717) is 62.6 Å². The van der Waals surface area contributed by atoms with Crippen LogP contribution in [0.15, 0.2) is 78.5 Å². The maximum atomic E-state index is 15.3. The zero-order chi connectivity index (χ0) is 98.9. The number of benzene rings is 2. The monoisotopic (exact) mass is 1950 g/mol. The van der Waals surface area contributed by atoms with Gasteiger partial charge in [0.2, 0.25) is 41.4 Å². The summed E-state index contributed by atoms with van der Waals surface area (Å²) in [6.07, 6.45) is -1.72. The number of imide groups is 1. The fourth-order valence-electron chi connectivity index (χ4n) is 17.1. The van der Waals surface area contributed by atoms with Gasteiger partial charge in [0.15, 0.2) is 6.29 Å². The number of aliphatic hydroxyl groups excluding tert-OH is 4. The number of ether oxygens (including phenoxy) is 10. The number of hydrogen-bond acceptors (Lipinski definition) is 32. The fourth-order valence-corrected chi connectivity index (χ4v) is 18.5. The van der Waals surface area contributed by atoms with Crippen molar-refractivity contribution in [1.82, 2.24) is 75.6 Å². The Labute approximate surface area is 794 Å². The van der Waals surface area contributed by atoms with Gasteiger partial charge in [0.25, 0.3) is 11.8 Å². The molecular weight excluding hydrogens is 1820 g/mol. The topological polar surface area (TPSA) is 591 Å². The molecule has 4 fully saturated rings. The molecule has 4 aliphatic heterocycles. The summed E-state index contributed by atoms with van der Waals surface area (Å²) in [5.41, 5.74) is 7.52. The Morgan fingerprint density at radius 2 is 1.46 bits per heavy atom. The maximum Gasteiger partial charge on any atom is 0.421 e. The van der Waals surface area contributed by atoms with Gasteiger partial charge in [-0.05, 0) is 104 Å². The van der Waals surface area contributed by atoms with Gasteiger partial charge in [-0.3, -0.25) is 53.0 Å². The van der Waals surface area contributed by atoms with E-state index < -0.39 is 192 Å². The van der Waals surface area contributed by atoms with E-state index in [1.807, 2.05) is 49.6 Å². The Morgan fingerprint density at radius 3 is 2.15 bits per heavy atom. The summed E-state index contributed by atoms with van der Waals surface area (Å²) < 4.78 is 87.1. The van der Waals surface area contributed by atoms with Crippen LogP contribution in [0.3, 0.4) is 0 Å². The van der Waals surface area contributed by atoms with E-state index in [1.54, 1.807) is 74.5 Å². The average molecular weight is 1950 g/mol. The molecular formula is C89H133N17O28S2. The van der Waals surface area contributed by atoms with E-state index >= 15 is 9.59 Å². The van der Waals surface area contributed by atoms with Gasteiger partial charge < -0.3 is 115 Å². The number of urea groups is 1. The molecule has 45 nitrogen and oxygen atoms in total. The smallest absolute Gasteiger partial charge is 0.421 e. The molecule has 2 bridgehead atoms. The van der Waals surface area contributed by atoms with Crippen LogP contribution in [0.1, 0.15) is 146 Å². The Hall–Kier alpha value is -10.4. The van der Waals surface area contributed by atoms with Crippen LogP contribution in [0.5, 0.6) is 0 Å². The van der Waals surface area contributed by atoms with Crippen LogP contribution >= 0.6 is 11.3 Å². The second-order valence-electron chi connectivity index (χ2n) is 34.7. The maximum absolute atomic E-state index is 15.3. The van der Waals surface area contributed by atoms with Crippen molar-refractivity contribution in [2.75, 3.05) is 112 Å². The van der Waals surface area contributed by atoms with E-state index in [2.05, 4.69) is 51.9 Å². The highest BCUT2D eigenvalue weighted by Gasteiger charge is 2.54. The Bertz CT molecular complexity index is 4710. The number of amides is 13. The van der Waals surface area contributed by atoms with Gasteiger partial charge in [-0.25, -0.2) is 28.8 Å². The van der Waals surface area contributed by atoms with Crippen LogP contribution in [-0.4, -0.2) is 332 Å². The molecule has 14 N–H and O–H groups in total. The van der Waals surface area contributed by atoms with Gasteiger partial charge in [-0.15, -0.1) is 16.4 Å². The van der Waals surface area contributed by atoms with Gasteiger partial charge in [0, 0.05) is 82.8 Å². The number of carbonyl (C=O) groups excluding carboxylic acids is 12. The number of anilines is 1. The SMILES string of the molecule is CC[C@H](C)[C@@H]([C@@H](CC(=O)N1CCC[C@H]1[C@H](OC)[C@@H](C)C(=O)N[C@@H](Cc1ccccc1)c1nccs1)OC)N(C)C(=O)[C@@H](NC(=O)[C@@H]1[C@H]2CC[C@H](C2)N1C(=O)OCc1ccc(NC(=O)[C@H](CCCNC(N)=O)NC(=O)[C@@H](NC(=O)CCOCCN2C(=O)C=CC2=O)C(C)C)cc1COCc1cn(CCOC(=O)NS(=O)(=O)NCCOCCOCCO[C@@H]2O[C@H](CO)[C@@H](O)[C@H](O)[C@H]2O)nn1)C(C)C. The predicted molar refractivity (Wildman–Crippen MR) is 486 cm³/mol. The number of methoxy groups -OCH3 is 2. The average Bonchev–Trinajstić information content (AvgIpc) is 1.72. The molecule has 754 valence electrons. The summed E-state index contributed by atoms with van der Waals surface area (Å²) in [6.45, 7) is 10.5. The van der Waals surface area contributed by atoms with Gasteiger partial charge >= 0.3 is 28.4 Å². The van der Waals surface area contributed by atoms with Crippen molar-refractivity contribution < 1.29 is 134 Å². The molecule has 4 aromatic rings. The number of hydrogen-bond donors (Lipinski definition) is 13. The second-order valence-corrected chi connectivity index (χ2v) is 37.2. The summed E-state index contributed by atoms with van der Waals surface area (Å²) in [5, 5.41) is 67.2. The zero-order valence-corrected chi connectivity index (χ0v) is 80.0. The summed E-state index contributed by atoms with van der Waals surface area (Å²) in [7, 11) is 0.247. The first-order valence-electron chi connectivity index (χ1n) is 45.8. The standard InChI is InChI=1S/C89H133N17O28S2/c1-11-54(6)74(66(125-9)46-71(111)104-31-16-20-65(104)79(126-10)55(7)80(115)96-64(84-91-30-42-135-84)43-56-17-13-12-14-18-56)102(8)85(119)73(53(4)5)98-83(118)75-57-22-24-62(45-57)106(75)89(122)133-50-58-21-23-60(94-81(116)63(19-15-28-92-87(90)120)95-82(117)72(52(2)3)97-68(108)27-34-127-36-33-105-69(109)25-26-70(105)110)44-59(58)49-130-51-61-47-103(101-99-61)32-37-132-88(121)100-136(123,124)93-29-35-128-38-39-129-40-41-131-86-78(114)77(113)76(112)67(48-107)134-86/h12-14,17-18,21,23,25-26,30,42,44,47,52-55,57,62-67,72-79,86,93,107,112-114H,11,15-16,19-20,22,24,27-29,31-41,43,45-46,48-51H2,1-10H3,(H,94,116)(H,95,117)(H,96,115)(H,97,108)(H,98,118)(H,100,121)(H3,90,92,120)/t54-,55+,57-,62+,63-,64-,65-,66+,67+,72-,73-,74-,75-,76+,77-,78+,79+,86+/m0/s1. The molecule has 47 heteroatoms. The number of aromatic nitrogens is 4. The van der Waals surface area contributed by atoms with Crippen molar-refractivity contribution in [2.45, 2.75) is 237 Å². The van der Waals surface area contributed by atoms with E-state index in [0.717, 1.165) is 27.6 Å². The molecule has 0 unspecified atom stereocenters. The number of likely N-dealkylation sites (tertiary alicyclic amines) is 2. The molecule has 0 radical (unpaired) electrons. The molecule has 1 saturated carbocycles. The summed E-state index contributed by atoms with van der Waals surface area (Å²) >= 11 is 1.45. The quantitative estimate of drug-likeness (QED) is 0.0215. The zero-order valence-electron chi connectivity index (χ0n) is 78.4. The number of aliphatic hydroxyl groups is 4. The minimum absolute atomic E-state index is 0.00347. The van der Waals surface area contributed by atoms with Gasteiger partial charge in [0.1, 0.15) is 72.5 Å². The number of fused-ring (bicyclic) bond motifs is 2. The number of nitrogens with two attached hydrogens (primary N) is 1. The highest BCUT2D eigenvalue weighted by molar-refractivity contribution is 7.88. The van der Waals surface area contributed by atoms with Crippen molar-refractivity contribution in [3.8, 4) is 0 Å². The largest absolute Gasteiger partial charge is 0.447 e. The minimum atomic E-state index is -4.42. The molecule has 136 heavy (non-hydrogen) atoms. The van der Waals surface area contributed by atoms with Crippen LogP contribution in [0, 0.1) is 29.6 Å². The van der Waals surface area contributed by atoms with Crippen molar-refractivity contribution in [3.63, 3.8) is 0 Å². The van der Waals surface area contributed by atoms with Crippen molar-refractivity contribution in [1.29, 1.82) is 0 Å². The second kappa shape index (κ2) is 54.1. The summed E-state index contributed by atoms with van der Waals surface area (Å²) in [4.78, 5) is 175. The van der Waals surface area contributed by atoms with Gasteiger partial charge in [-0.1, -0.05) is 96.5 Å². The lowest BCUT2D eigenvalue weighted by atomic mass is 9.89. The van der Waals surface area contributed by atoms with Crippen molar-refractivity contribution in [2.24, 2.45) is 35.3 Å². The number of rotatable bonds is 57. The van der Waals surface area contributed by atoms with E-state index in [1.165, 1.54) is 47.4 Å². The van der Waals surface area contributed by atoms with Crippen LogP contribution in [-0.2, 0) is 134 Å². The van der Waals surface area contributed by atoms with Crippen molar-refractivity contribution in [3.05, 3.63) is 106 Å². The highest BCUT2D eigenvalue weighted by atomic mass is 32.2. The summed E-state index contributed by atoms with van der Waals surface area (Å²) in [6, 6.07) is 6.97. The third-order valence-corrected chi connectivity index (χ3v) is 26.5. The number of thiazole rings is 1. The van der Waals surface area contributed by atoms with Crippen molar-refractivity contribution >= 4 is 98.6 Å². The Kier molecular flexibility index (Phi) is 43.5. The van der Waals surface area contributed by atoms with Crippen LogP contribution < -0.4 is 47.1 Å². The lowest BCUT2D eigenvalue weighted by Crippen LogP contribution is -2.60. The number of likely N-dealkylation sites (N-methyl/N-ethyl adjacent to an activating group) is 1. The normalized spacial score (nSPS) is 21.2. The van der Waals surface area contributed by atoms with Gasteiger partial charge in [-0.2, -0.15) is 13.1 Å².